The fraction of sp³-hybridized carbons (Fsp3) is 0.464. The normalized spacial score (nSPS) is 26.3. The first-order valence-corrected chi connectivity index (χ1v) is 11.9. The van der Waals surface area contributed by atoms with Crippen LogP contribution in [0, 0.1) is 0 Å². The van der Waals surface area contributed by atoms with Crippen LogP contribution < -0.4 is 0 Å². The van der Waals surface area contributed by atoms with E-state index in [4.69, 9.17) is 4.74 Å². The fourth-order valence-corrected chi connectivity index (χ4v) is 6.17. The molecule has 0 aromatic heterocycles. The number of allylic oxidation sites excluding steroid dienone is 1. The van der Waals surface area contributed by atoms with Crippen molar-refractivity contribution in [1.82, 2.24) is 4.90 Å². The smallest absolute Gasteiger partial charge is 0.410 e. The Labute approximate surface area is 190 Å². The molecular formula is C28H33NO3. The number of ether oxygens (including phenoxy) is 1. The molecule has 2 saturated heterocycles. The number of amides is 1. The number of fused-ring (bicyclic) bond motifs is 5. The van der Waals surface area contributed by atoms with Crippen LogP contribution in [0.1, 0.15) is 69.9 Å². The van der Waals surface area contributed by atoms with E-state index >= 15 is 0 Å². The highest BCUT2D eigenvalue weighted by Crippen LogP contribution is 2.46. The van der Waals surface area contributed by atoms with Crippen molar-refractivity contribution < 1.29 is 14.6 Å². The minimum absolute atomic E-state index is 0.0393. The topological polar surface area (TPSA) is 49.8 Å². The Morgan fingerprint density at radius 3 is 2.03 bits per heavy atom. The summed E-state index contributed by atoms with van der Waals surface area (Å²) >= 11 is 0. The molecule has 2 bridgehead atoms. The first kappa shape index (κ1) is 21.3. The third-order valence-corrected chi connectivity index (χ3v) is 8.00. The maximum Gasteiger partial charge on any atom is 0.410 e. The molecule has 4 nitrogen and oxygen atoms in total. The summed E-state index contributed by atoms with van der Waals surface area (Å²) in [5, 5.41) is 11.4. The number of benzene rings is 2. The van der Waals surface area contributed by atoms with Crippen molar-refractivity contribution in [3.63, 3.8) is 0 Å². The van der Waals surface area contributed by atoms with E-state index < -0.39 is 5.60 Å². The number of hydrogen-bond acceptors (Lipinski definition) is 3. The van der Waals surface area contributed by atoms with Gasteiger partial charge < -0.3 is 14.7 Å². The molecule has 2 aliphatic heterocycles. The van der Waals surface area contributed by atoms with Crippen LogP contribution in [0.5, 0.6) is 0 Å². The first-order valence-electron chi connectivity index (χ1n) is 11.9. The minimum atomic E-state index is -0.811. The van der Waals surface area contributed by atoms with Crippen LogP contribution >= 0.6 is 0 Å². The average molecular weight is 432 g/mol. The van der Waals surface area contributed by atoms with Crippen LogP contribution in [-0.2, 0) is 4.74 Å². The van der Waals surface area contributed by atoms with Gasteiger partial charge in [-0.15, -0.1) is 0 Å². The summed E-state index contributed by atoms with van der Waals surface area (Å²) in [7, 11) is 0. The Morgan fingerprint density at radius 1 is 0.969 bits per heavy atom. The zero-order valence-electron chi connectivity index (χ0n) is 19.3. The quantitative estimate of drug-likeness (QED) is 0.603. The van der Waals surface area contributed by atoms with E-state index in [-0.39, 0.29) is 24.1 Å². The van der Waals surface area contributed by atoms with Gasteiger partial charge in [0.2, 0.25) is 0 Å². The van der Waals surface area contributed by atoms with Crippen LogP contribution in [0.15, 0.2) is 59.7 Å². The Balaban J connectivity index is 1.34. The van der Waals surface area contributed by atoms with Crippen molar-refractivity contribution >= 4 is 6.09 Å². The number of nitrogens with zero attached hydrogens (tertiary/aromatic N) is 1. The molecule has 32 heavy (non-hydrogen) atoms. The Hall–Kier alpha value is -2.59. The number of aliphatic hydroxyl groups is 1. The molecule has 1 aliphatic carbocycles. The van der Waals surface area contributed by atoms with Gasteiger partial charge in [-0.2, -0.15) is 0 Å². The predicted octanol–water partition coefficient (Wildman–Crippen LogP) is 6.04. The molecule has 2 heterocycles. The monoisotopic (exact) mass is 431 g/mol. The summed E-state index contributed by atoms with van der Waals surface area (Å²) in [4.78, 5) is 15.3. The summed E-state index contributed by atoms with van der Waals surface area (Å²) in [5.41, 5.74) is 6.35. The molecular weight excluding hydrogens is 398 g/mol. The van der Waals surface area contributed by atoms with E-state index in [1.165, 1.54) is 27.8 Å². The first-order chi connectivity index (χ1) is 15.4. The summed E-state index contributed by atoms with van der Waals surface area (Å²) < 4.78 is 5.98. The number of carbonyl (C=O) groups is 1. The lowest BCUT2D eigenvalue weighted by Gasteiger charge is -2.52. The Bertz CT molecular complexity index is 1010. The minimum Gasteiger partial charge on any atom is -0.448 e. The summed E-state index contributed by atoms with van der Waals surface area (Å²) in [6.45, 7) is 6.50. The fourth-order valence-electron chi connectivity index (χ4n) is 6.17. The molecule has 1 N–H and O–H groups in total. The van der Waals surface area contributed by atoms with E-state index in [0.717, 1.165) is 24.8 Å². The van der Waals surface area contributed by atoms with E-state index in [9.17, 15) is 9.90 Å². The summed E-state index contributed by atoms with van der Waals surface area (Å²) in [5.74, 6) is 0.0702. The SMILES string of the molecule is CC(C)=C(C)C1(O)CC2CCCC(C1)N2C(=O)OCC1c2ccccc2-c2ccccc21. The van der Waals surface area contributed by atoms with Gasteiger partial charge in [-0.25, -0.2) is 4.79 Å². The van der Waals surface area contributed by atoms with E-state index in [0.29, 0.717) is 19.4 Å². The largest absolute Gasteiger partial charge is 0.448 e. The lowest BCUT2D eigenvalue weighted by Crippen LogP contribution is -2.60. The average Bonchev–Trinajstić information content (AvgIpc) is 3.10. The third-order valence-electron chi connectivity index (χ3n) is 8.00. The van der Waals surface area contributed by atoms with E-state index in [1.54, 1.807) is 0 Å². The second kappa shape index (κ2) is 8.08. The van der Waals surface area contributed by atoms with Crippen LogP contribution in [0.2, 0.25) is 0 Å². The third kappa shape index (κ3) is 3.45. The Morgan fingerprint density at radius 2 is 1.50 bits per heavy atom. The zero-order chi connectivity index (χ0) is 22.5. The van der Waals surface area contributed by atoms with Crippen LogP contribution in [0.3, 0.4) is 0 Å². The van der Waals surface area contributed by atoms with Crippen molar-refractivity contribution in [3.8, 4) is 11.1 Å². The van der Waals surface area contributed by atoms with Crippen molar-refractivity contribution in [2.75, 3.05) is 6.61 Å². The van der Waals surface area contributed by atoms with Gasteiger partial charge in [0.15, 0.2) is 0 Å². The highest BCUT2D eigenvalue weighted by molar-refractivity contribution is 5.79. The Kier molecular flexibility index (Phi) is 5.37. The van der Waals surface area contributed by atoms with Crippen LogP contribution in [-0.4, -0.2) is 40.4 Å². The van der Waals surface area contributed by atoms with Crippen LogP contribution in [0.25, 0.3) is 11.1 Å². The molecule has 2 fully saturated rings. The molecule has 2 unspecified atom stereocenters. The lowest BCUT2D eigenvalue weighted by atomic mass is 9.72. The molecule has 5 rings (SSSR count). The van der Waals surface area contributed by atoms with Gasteiger partial charge in [0, 0.05) is 30.8 Å². The highest BCUT2D eigenvalue weighted by Gasteiger charge is 2.49. The van der Waals surface area contributed by atoms with Crippen molar-refractivity contribution in [3.05, 3.63) is 70.8 Å². The second-order valence-electron chi connectivity index (χ2n) is 10.0. The molecule has 0 spiro atoms. The van der Waals surface area contributed by atoms with Gasteiger partial charge >= 0.3 is 6.09 Å². The number of carbonyl (C=O) groups excluding carboxylic acids is 1. The lowest BCUT2D eigenvalue weighted by molar-refractivity contribution is -0.0652. The van der Waals surface area contributed by atoms with E-state index in [1.807, 2.05) is 11.8 Å². The van der Waals surface area contributed by atoms with Gasteiger partial charge in [0.05, 0.1) is 5.60 Å². The molecule has 1 amide bonds. The van der Waals surface area contributed by atoms with E-state index in [2.05, 4.69) is 62.4 Å². The van der Waals surface area contributed by atoms with Crippen molar-refractivity contribution in [2.45, 2.75) is 76.5 Å². The van der Waals surface area contributed by atoms with Gasteiger partial charge in [-0.1, -0.05) is 54.1 Å². The summed E-state index contributed by atoms with van der Waals surface area (Å²) in [6.07, 6.45) is 3.94. The highest BCUT2D eigenvalue weighted by atomic mass is 16.6. The van der Waals surface area contributed by atoms with Gasteiger partial charge in [0.1, 0.15) is 6.61 Å². The molecule has 2 atom stereocenters. The van der Waals surface area contributed by atoms with Crippen LogP contribution in [0.4, 0.5) is 4.79 Å². The molecule has 0 saturated carbocycles. The molecule has 3 aliphatic rings. The number of hydrogen-bond donors (Lipinski definition) is 1. The number of rotatable bonds is 3. The molecule has 168 valence electrons. The predicted molar refractivity (Wildman–Crippen MR) is 127 cm³/mol. The molecule has 2 aromatic rings. The second-order valence-corrected chi connectivity index (χ2v) is 10.0. The van der Waals surface area contributed by atoms with Crippen molar-refractivity contribution in [2.24, 2.45) is 0 Å². The zero-order valence-corrected chi connectivity index (χ0v) is 19.3. The van der Waals surface area contributed by atoms with Gasteiger partial charge in [-0.05, 0) is 67.9 Å². The summed E-state index contributed by atoms with van der Waals surface area (Å²) in [6, 6.07) is 16.9. The standard InChI is InChI=1S/C28H33NO3/c1-18(2)19(3)28(31)15-20-9-8-10-21(16-28)29(20)27(30)32-17-26-24-13-6-4-11-22(24)23-12-5-7-14-25(23)26/h4-7,11-14,20-21,26,31H,8-10,15-17H2,1-3H3. The molecule has 4 heteroatoms. The molecule has 2 aromatic carbocycles. The van der Waals surface area contributed by atoms with Crippen molar-refractivity contribution in [1.29, 1.82) is 0 Å². The maximum absolute atomic E-state index is 13.3. The molecule has 0 radical (unpaired) electrons. The van der Waals surface area contributed by atoms with Gasteiger partial charge in [0.25, 0.3) is 0 Å². The number of piperidine rings is 2. The van der Waals surface area contributed by atoms with Gasteiger partial charge in [-0.3, -0.25) is 0 Å². The maximum atomic E-state index is 13.3.